The van der Waals surface area contributed by atoms with Crippen LogP contribution in [0.5, 0.6) is 0 Å². The van der Waals surface area contributed by atoms with E-state index in [9.17, 15) is 22.4 Å². The highest BCUT2D eigenvalue weighted by Gasteiger charge is 2.41. The van der Waals surface area contributed by atoms with Crippen molar-refractivity contribution in [1.29, 1.82) is 0 Å². The number of nitrogens with zero attached hydrogens (tertiary/aromatic N) is 3. The summed E-state index contributed by atoms with van der Waals surface area (Å²) in [5.74, 6) is -1.82. The molecule has 10 heteroatoms. The number of alkyl halides is 3. The lowest BCUT2D eigenvalue weighted by molar-refractivity contribution is -0.143. The van der Waals surface area contributed by atoms with Gasteiger partial charge in [-0.1, -0.05) is 35.9 Å². The van der Waals surface area contributed by atoms with Crippen LogP contribution in [0.15, 0.2) is 54.7 Å². The average Bonchev–Trinajstić information content (AvgIpc) is 3.44. The van der Waals surface area contributed by atoms with Crippen molar-refractivity contribution < 1.29 is 22.4 Å². The summed E-state index contributed by atoms with van der Waals surface area (Å²) in [5.41, 5.74) is -1.52. The summed E-state index contributed by atoms with van der Waals surface area (Å²) < 4.78 is 56.2. The molecule has 1 atom stereocenters. The van der Waals surface area contributed by atoms with Gasteiger partial charge in [0.15, 0.2) is 5.69 Å². The lowest BCUT2D eigenvalue weighted by Gasteiger charge is -2.28. The maximum Gasteiger partial charge on any atom is 0.434 e. The number of rotatable bonds is 6. The molecule has 1 N–H and O–H groups in total. The highest BCUT2D eigenvalue weighted by Crippen LogP contribution is 2.34. The van der Waals surface area contributed by atoms with Crippen LogP contribution >= 0.6 is 11.6 Å². The maximum atomic E-state index is 14.2. The van der Waals surface area contributed by atoms with Gasteiger partial charge in [0.05, 0.1) is 17.8 Å². The molecule has 2 aromatic carbocycles. The summed E-state index contributed by atoms with van der Waals surface area (Å²) in [4.78, 5) is 15.0. The number of carbonyl (C=O) groups excluding carboxylic acids is 1. The molecule has 1 fully saturated rings. The lowest BCUT2D eigenvalue weighted by Crippen LogP contribution is -2.37. The van der Waals surface area contributed by atoms with Gasteiger partial charge in [-0.05, 0) is 55.8 Å². The van der Waals surface area contributed by atoms with E-state index in [1.54, 1.807) is 18.2 Å². The number of aromatic nitrogens is 2. The van der Waals surface area contributed by atoms with Gasteiger partial charge < -0.3 is 5.32 Å². The highest BCUT2D eigenvalue weighted by molar-refractivity contribution is 6.30. The van der Waals surface area contributed by atoms with Crippen molar-refractivity contribution in [2.24, 2.45) is 0 Å². The fourth-order valence-electron chi connectivity index (χ4n) is 4.10. The zero-order valence-corrected chi connectivity index (χ0v) is 18.2. The minimum absolute atomic E-state index is 0.0847. The van der Waals surface area contributed by atoms with E-state index in [-0.39, 0.29) is 12.6 Å². The summed E-state index contributed by atoms with van der Waals surface area (Å²) in [6.07, 6.45) is -2.11. The van der Waals surface area contributed by atoms with Crippen LogP contribution in [-0.2, 0) is 6.18 Å². The second-order valence-electron chi connectivity index (χ2n) is 7.79. The smallest absolute Gasteiger partial charge is 0.350 e. The van der Waals surface area contributed by atoms with E-state index >= 15 is 0 Å². The van der Waals surface area contributed by atoms with Gasteiger partial charge >= 0.3 is 6.18 Å². The van der Waals surface area contributed by atoms with Crippen LogP contribution in [0.3, 0.4) is 0 Å². The van der Waals surface area contributed by atoms with Crippen molar-refractivity contribution in [1.82, 2.24) is 20.0 Å². The number of halogens is 5. The summed E-state index contributed by atoms with van der Waals surface area (Å²) >= 11 is 6.13. The Kier molecular flexibility index (Phi) is 6.71. The number of carbonyl (C=O) groups is 1. The summed E-state index contributed by atoms with van der Waals surface area (Å²) in [6, 6.07) is 11.9. The first-order valence-electron chi connectivity index (χ1n) is 10.4. The van der Waals surface area contributed by atoms with E-state index in [2.05, 4.69) is 15.3 Å². The normalized spacial score (nSPS) is 15.5. The van der Waals surface area contributed by atoms with Crippen molar-refractivity contribution in [2.75, 3.05) is 19.6 Å². The van der Waals surface area contributed by atoms with Crippen LogP contribution in [0.4, 0.5) is 17.6 Å². The van der Waals surface area contributed by atoms with Crippen LogP contribution in [0.25, 0.3) is 5.69 Å². The third kappa shape index (κ3) is 5.04. The Morgan fingerprint density at radius 2 is 1.85 bits per heavy atom. The molecule has 1 aliphatic rings. The molecule has 174 valence electrons. The number of hydrogen-bond donors (Lipinski definition) is 1. The average molecular weight is 481 g/mol. The number of para-hydroxylation sites is 1. The molecule has 1 amide bonds. The molecule has 3 aromatic rings. The molecule has 2 heterocycles. The van der Waals surface area contributed by atoms with Crippen LogP contribution in [0, 0.1) is 5.82 Å². The largest absolute Gasteiger partial charge is 0.434 e. The van der Waals surface area contributed by atoms with Crippen LogP contribution in [0.2, 0.25) is 5.02 Å². The van der Waals surface area contributed by atoms with Crippen LogP contribution in [-0.4, -0.2) is 40.2 Å². The topological polar surface area (TPSA) is 50.2 Å². The number of hydrogen-bond acceptors (Lipinski definition) is 3. The van der Waals surface area contributed by atoms with Crippen molar-refractivity contribution in [2.45, 2.75) is 25.1 Å². The number of amides is 1. The van der Waals surface area contributed by atoms with Gasteiger partial charge in [-0.15, -0.1) is 0 Å². The zero-order chi connectivity index (χ0) is 23.6. The molecule has 1 unspecified atom stereocenters. The van der Waals surface area contributed by atoms with Gasteiger partial charge in [-0.3, -0.25) is 9.69 Å². The van der Waals surface area contributed by atoms with Gasteiger partial charge in [0.2, 0.25) is 0 Å². The van der Waals surface area contributed by atoms with E-state index in [0.29, 0.717) is 9.70 Å². The fourth-order valence-corrected chi connectivity index (χ4v) is 4.30. The van der Waals surface area contributed by atoms with Gasteiger partial charge in [-0.2, -0.15) is 18.3 Å². The third-order valence-electron chi connectivity index (χ3n) is 5.63. The number of likely N-dealkylation sites (tertiary alicyclic amines) is 1. The third-order valence-corrected chi connectivity index (χ3v) is 5.87. The molecule has 4 rings (SSSR count). The molecule has 0 spiro atoms. The lowest BCUT2D eigenvalue weighted by atomic mass is 10.1. The first-order chi connectivity index (χ1) is 15.8. The van der Waals surface area contributed by atoms with E-state index < -0.39 is 34.8 Å². The molecule has 0 bridgehead atoms. The molecule has 0 aliphatic carbocycles. The van der Waals surface area contributed by atoms with Crippen molar-refractivity contribution >= 4 is 17.5 Å². The minimum atomic E-state index is -4.92. The fraction of sp³-hybridized carbons (Fsp3) is 0.304. The van der Waals surface area contributed by atoms with Crippen molar-refractivity contribution in [3.8, 4) is 5.69 Å². The Balaban J connectivity index is 1.62. The van der Waals surface area contributed by atoms with Gasteiger partial charge in [-0.25, -0.2) is 9.07 Å². The van der Waals surface area contributed by atoms with Gasteiger partial charge in [0, 0.05) is 11.6 Å². The molecule has 5 nitrogen and oxygen atoms in total. The molecule has 0 saturated carbocycles. The quantitative estimate of drug-likeness (QED) is 0.490. The standard InChI is InChI=1S/C23H21ClF4N4O/c24-16-7-5-6-15(12-16)20(31-10-3-4-11-31)14-29-22(33)17-13-30-32(21(17)23(26,27)28)19-9-2-1-8-18(19)25/h1-2,5-9,12-13,20H,3-4,10-11,14H2,(H,29,33). The molecule has 1 aliphatic heterocycles. The highest BCUT2D eigenvalue weighted by atomic mass is 35.5. The Morgan fingerprint density at radius 3 is 2.52 bits per heavy atom. The number of benzene rings is 2. The van der Waals surface area contributed by atoms with E-state index in [0.717, 1.165) is 43.8 Å². The maximum absolute atomic E-state index is 14.2. The SMILES string of the molecule is O=C(NCC(c1cccc(Cl)c1)N1CCCC1)c1cnn(-c2ccccc2F)c1C(F)(F)F. The first-order valence-corrected chi connectivity index (χ1v) is 10.8. The Hall–Kier alpha value is -2.91. The van der Waals surface area contributed by atoms with Crippen molar-refractivity contribution in [3.05, 3.63) is 82.4 Å². The van der Waals surface area contributed by atoms with Crippen LogP contribution < -0.4 is 5.32 Å². The number of nitrogens with one attached hydrogen (secondary N) is 1. The molecular weight excluding hydrogens is 460 g/mol. The van der Waals surface area contributed by atoms with Crippen molar-refractivity contribution in [3.63, 3.8) is 0 Å². The van der Waals surface area contributed by atoms with E-state index in [1.165, 1.54) is 18.2 Å². The Morgan fingerprint density at radius 1 is 1.12 bits per heavy atom. The Bertz CT molecular complexity index is 1140. The molecule has 33 heavy (non-hydrogen) atoms. The molecule has 1 saturated heterocycles. The summed E-state index contributed by atoms with van der Waals surface area (Å²) in [6.45, 7) is 1.71. The Labute approximate surface area is 193 Å². The van der Waals surface area contributed by atoms with Gasteiger partial charge in [0.1, 0.15) is 11.5 Å². The monoisotopic (exact) mass is 480 g/mol. The second kappa shape index (κ2) is 9.52. The molecular formula is C23H21ClF4N4O. The minimum Gasteiger partial charge on any atom is -0.350 e. The predicted octanol–water partition coefficient (Wildman–Crippen LogP) is 5.25. The first kappa shape index (κ1) is 23.3. The predicted molar refractivity (Wildman–Crippen MR) is 116 cm³/mol. The summed E-state index contributed by atoms with van der Waals surface area (Å²) in [7, 11) is 0. The van der Waals surface area contributed by atoms with E-state index in [4.69, 9.17) is 11.6 Å². The zero-order valence-electron chi connectivity index (χ0n) is 17.4. The molecule has 1 aromatic heterocycles. The summed E-state index contributed by atoms with van der Waals surface area (Å²) in [5, 5.41) is 6.83. The van der Waals surface area contributed by atoms with Gasteiger partial charge in [0.25, 0.3) is 5.91 Å². The van der Waals surface area contributed by atoms with E-state index in [1.807, 2.05) is 6.07 Å². The van der Waals surface area contributed by atoms with Crippen LogP contribution in [0.1, 0.15) is 40.5 Å². The molecule has 0 radical (unpaired) electrons. The second-order valence-corrected chi connectivity index (χ2v) is 8.23.